The van der Waals surface area contributed by atoms with Crippen LogP contribution in [0.5, 0.6) is 0 Å². The lowest BCUT2D eigenvalue weighted by Crippen LogP contribution is -2.45. The first-order valence-corrected chi connectivity index (χ1v) is 8.35. The van der Waals surface area contributed by atoms with E-state index in [1.807, 2.05) is 0 Å². The van der Waals surface area contributed by atoms with E-state index in [1.54, 1.807) is 32.2 Å². The van der Waals surface area contributed by atoms with Crippen LogP contribution in [0.25, 0.3) is 0 Å². The van der Waals surface area contributed by atoms with Gasteiger partial charge in [-0.05, 0) is 39.5 Å². The zero-order valence-corrected chi connectivity index (χ0v) is 13.9. The van der Waals surface area contributed by atoms with Crippen LogP contribution in [0, 0.1) is 0 Å². The van der Waals surface area contributed by atoms with Gasteiger partial charge < -0.3 is 15.3 Å². The van der Waals surface area contributed by atoms with Crippen LogP contribution in [0.1, 0.15) is 42.3 Å². The lowest BCUT2D eigenvalue weighted by molar-refractivity contribution is 0.0532. The molecular weight excluding hydrogens is 286 g/mol. The van der Waals surface area contributed by atoms with Crippen molar-refractivity contribution >= 4 is 17.4 Å². The highest BCUT2D eigenvalue weighted by atomic mass is 32.1. The molecule has 2 N–H and O–H groups in total. The van der Waals surface area contributed by atoms with E-state index in [0.717, 1.165) is 24.3 Å². The second kappa shape index (κ2) is 6.75. The Kier molecular flexibility index (Phi) is 5.22. The molecule has 5 nitrogen and oxygen atoms in total. The quantitative estimate of drug-likeness (QED) is 0.874. The highest BCUT2D eigenvalue weighted by molar-refractivity contribution is 7.11. The molecule has 2 rings (SSSR count). The van der Waals surface area contributed by atoms with E-state index in [2.05, 4.69) is 10.3 Å². The van der Waals surface area contributed by atoms with Gasteiger partial charge in [-0.15, -0.1) is 11.3 Å². The summed E-state index contributed by atoms with van der Waals surface area (Å²) in [6.07, 6.45) is 5.56. The fourth-order valence-electron chi connectivity index (χ4n) is 2.58. The Morgan fingerprint density at radius 2 is 2.14 bits per heavy atom. The number of nitrogens with zero attached hydrogens (tertiary/aromatic N) is 2. The van der Waals surface area contributed by atoms with E-state index >= 15 is 0 Å². The van der Waals surface area contributed by atoms with Crippen LogP contribution in [0.4, 0.5) is 4.79 Å². The second-order valence-corrected chi connectivity index (χ2v) is 7.50. The number of likely N-dealkylation sites (N-methyl/N-ethyl adjacent to an activating group) is 1. The number of hydrogen-bond acceptors (Lipinski definition) is 4. The van der Waals surface area contributed by atoms with Crippen LogP contribution in [0.15, 0.2) is 0 Å². The third-order valence-corrected chi connectivity index (χ3v) is 4.69. The van der Waals surface area contributed by atoms with Gasteiger partial charge in [-0.3, -0.25) is 0 Å². The first-order chi connectivity index (χ1) is 9.85. The van der Waals surface area contributed by atoms with Crippen LogP contribution in [-0.2, 0) is 19.3 Å². The molecule has 0 saturated heterocycles. The van der Waals surface area contributed by atoms with Crippen molar-refractivity contribution in [2.75, 3.05) is 20.1 Å². The topological polar surface area (TPSA) is 65.5 Å². The van der Waals surface area contributed by atoms with Crippen molar-refractivity contribution < 1.29 is 9.90 Å². The zero-order valence-electron chi connectivity index (χ0n) is 13.1. The summed E-state index contributed by atoms with van der Waals surface area (Å²) in [5.41, 5.74) is 0.396. The second-order valence-electron chi connectivity index (χ2n) is 6.34. The maximum absolute atomic E-state index is 11.9. The molecule has 0 bridgehead atoms. The van der Waals surface area contributed by atoms with Gasteiger partial charge in [0.25, 0.3) is 0 Å². The average molecular weight is 311 g/mol. The van der Waals surface area contributed by atoms with Crippen molar-refractivity contribution in [3.8, 4) is 0 Å². The number of urea groups is 1. The zero-order chi connectivity index (χ0) is 15.5. The van der Waals surface area contributed by atoms with Crippen molar-refractivity contribution in [3.63, 3.8) is 0 Å². The molecule has 1 heterocycles. The SMILES string of the molecule is CN(CC(C)(C)O)C(=O)NCCc1nc2c(s1)CCCC2. The van der Waals surface area contributed by atoms with Crippen molar-refractivity contribution in [3.05, 3.63) is 15.6 Å². The number of nitrogens with one attached hydrogen (secondary N) is 1. The Bertz CT molecular complexity index is 470. The van der Waals surface area contributed by atoms with E-state index in [1.165, 1.54) is 28.3 Å². The molecule has 118 valence electrons. The lowest BCUT2D eigenvalue weighted by atomic mass is 10.0. The average Bonchev–Trinajstić information content (AvgIpc) is 2.79. The number of rotatable bonds is 5. The van der Waals surface area contributed by atoms with Crippen LogP contribution in [0.2, 0.25) is 0 Å². The highest BCUT2D eigenvalue weighted by Gasteiger charge is 2.19. The summed E-state index contributed by atoms with van der Waals surface area (Å²) in [6.45, 7) is 4.28. The van der Waals surface area contributed by atoms with E-state index in [4.69, 9.17) is 0 Å². The number of hydrogen-bond donors (Lipinski definition) is 2. The number of fused-ring (bicyclic) bond motifs is 1. The molecule has 1 aromatic rings. The fourth-order valence-corrected chi connectivity index (χ4v) is 3.73. The van der Waals surface area contributed by atoms with Gasteiger partial charge >= 0.3 is 6.03 Å². The number of aromatic nitrogens is 1. The van der Waals surface area contributed by atoms with Crippen LogP contribution >= 0.6 is 11.3 Å². The van der Waals surface area contributed by atoms with Gasteiger partial charge in [0.1, 0.15) is 0 Å². The molecule has 0 fully saturated rings. The van der Waals surface area contributed by atoms with Gasteiger partial charge in [0.15, 0.2) is 0 Å². The first-order valence-electron chi connectivity index (χ1n) is 7.54. The van der Waals surface area contributed by atoms with Crippen molar-refractivity contribution in [1.82, 2.24) is 15.2 Å². The minimum Gasteiger partial charge on any atom is -0.389 e. The van der Waals surface area contributed by atoms with Crippen LogP contribution in [-0.4, -0.2) is 46.8 Å². The summed E-state index contributed by atoms with van der Waals surface area (Å²) in [6, 6.07) is -0.154. The largest absolute Gasteiger partial charge is 0.389 e. The van der Waals surface area contributed by atoms with E-state index in [9.17, 15) is 9.90 Å². The summed E-state index contributed by atoms with van der Waals surface area (Å²) in [5.74, 6) is 0. The van der Waals surface area contributed by atoms with Crippen LogP contribution in [0.3, 0.4) is 0 Å². The highest BCUT2D eigenvalue weighted by Crippen LogP contribution is 2.26. The van der Waals surface area contributed by atoms with Gasteiger partial charge in [-0.25, -0.2) is 9.78 Å². The molecule has 0 unspecified atom stereocenters. The predicted octanol–water partition coefficient (Wildman–Crippen LogP) is 1.98. The number of thiazole rings is 1. The maximum atomic E-state index is 11.9. The van der Waals surface area contributed by atoms with Gasteiger partial charge in [0.2, 0.25) is 0 Å². The summed E-state index contributed by atoms with van der Waals surface area (Å²) in [7, 11) is 1.69. The number of amides is 2. The number of carbonyl (C=O) groups is 1. The summed E-state index contributed by atoms with van der Waals surface area (Å²) in [4.78, 5) is 19.5. The van der Waals surface area contributed by atoms with Gasteiger partial charge in [-0.1, -0.05) is 0 Å². The Labute approximate surface area is 130 Å². The molecular formula is C15H25N3O2S. The van der Waals surface area contributed by atoms with Gasteiger partial charge in [0, 0.05) is 24.9 Å². The molecule has 0 atom stereocenters. The Hall–Kier alpha value is -1.14. The molecule has 0 saturated carbocycles. The first kappa shape index (κ1) is 16.2. The molecule has 0 aliphatic heterocycles. The Morgan fingerprint density at radius 3 is 2.81 bits per heavy atom. The lowest BCUT2D eigenvalue weighted by Gasteiger charge is -2.25. The Balaban J connectivity index is 1.76. The standard InChI is InChI=1S/C15H25N3O2S/c1-15(2,20)10-18(3)14(19)16-9-8-13-17-11-6-4-5-7-12(11)21-13/h20H,4-10H2,1-3H3,(H,16,19). The van der Waals surface area contributed by atoms with Gasteiger partial charge in [0.05, 0.1) is 22.8 Å². The van der Waals surface area contributed by atoms with Crippen molar-refractivity contribution in [2.24, 2.45) is 0 Å². The summed E-state index contributed by atoms with van der Waals surface area (Å²) in [5, 5.41) is 13.7. The summed E-state index contributed by atoms with van der Waals surface area (Å²) < 4.78 is 0. The molecule has 0 aromatic carbocycles. The number of aryl methyl sites for hydroxylation is 2. The molecule has 6 heteroatoms. The molecule has 2 amide bonds. The smallest absolute Gasteiger partial charge is 0.317 e. The summed E-state index contributed by atoms with van der Waals surface area (Å²) >= 11 is 1.79. The number of aliphatic hydroxyl groups is 1. The van der Waals surface area contributed by atoms with Crippen molar-refractivity contribution in [2.45, 2.75) is 51.6 Å². The maximum Gasteiger partial charge on any atom is 0.317 e. The molecule has 0 spiro atoms. The molecule has 1 aromatic heterocycles. The van der Waals surface area contributed by atoms with Crippen molar-refractivity contribution in [1.29, 1.82) is 0 Å². The molecule has 1 aliphatic carbocycles. The minimum absolute atomic E-state index is 0.154. The van der Waals surface area contributed by atoms with E-state index in [0.29, 0.717) is 13.1 Å². The van der Waals surface area contributed by atoms with Crippen LogP contribution < -0.4 is 5.32 Å². The fraction of sp³-hybridized carbons (Fsp3) is 0.733. The normalized spacial score (nSPS) is 14.7. The Morgan fingerprint density at radius 1 is 1.43 bits per heavy atom. The minimum atomic E-state index is -0.875. The van der Waals surface area contributed by atoms with E-state index in [-0.39, 0.29) is 6.03 Å². The molecule has 1 aliphatic rings. The van der Waals surface area contributed by atoms with Gasteiger partial charge in [-0.2, -0.15) is 0 Å². The monoisotopic (exact) mass is 311 g/mol. The number of carbonyl (C=O) groups excluding carboxylic acids is 1. The third kappa shape index (κ3) is 4.97. The molecule has 0 radical (unpaired) electrons. The predicted molar refractivity (Wildman–Crippen MR) is 84.8 cm³/mol. The van der Waals surface area contributed by atoms with E-state index < -0.39 is 5.60 Å². The molecule has 21 heavy (non-hydrogen) atoms. The third-order valence-electron chi connectivity index (χ3n) is 3.48.